The number of carbonyl (C=O) groups is 4. The van der Waals surface area contributed by atoms with Crippen LogP contribution in [0.3, 0.4) is 0 Å². The van der Waals surface area contributed by atoms with Crippen LogP contribution in [0.5, 0.6) is 0 Å². The maximum Gasteiger partial charge on any atom is 0.339 e. The molecular formula is C20H22BrIN4O8. The largest absolute Gasteiger partial charge is 0.478 e. The molecule has 0 aromatic carbocycles. The summed E-state index contributed by atoms with van der Waals surface area (Å²) >= 11 is 3.08. The van der Waals surface area contributed by atoms with Crippen LogP contribution in [0, 0.1) is 0 Å². The van der Waals surface area contributed by atoms with E-state index in [9.17, 15) is 19.2 Å². The van der Waals surface area contributed by atoms with Crippen molar-refractivity contribution in [1.29, 1.82) is 0 Å². The Morgan fingerprint density at radius 3 is 1.79 bits per heavy atom. The molecule has 0 bridgehead atoms. The van der Waals surface area contributed by atoms with Gasteiger partial charge in [-0.1, -0.05) is 6.58 Å². The summed E-state index contributed by atoms with van der Waals surface area (Å²) in [6.45, 7) is 3.16. The second-order valence-corrected chi connectivity index (χ2v) is 6.40. The van der Waals surface area contributed by atoms with Crippen molar-refractivity contribution in [2.45, 2.75) is 0 Å². The van der Waals surface area contributed by atoms with Crippen molar-refractivity contribution in [2.75, 3.05) is 25.7 Å². The van der Waals surface area contributed by atoms with Crippen LogP contribution in [0.25, 0.3) is 6.08 Å². The fourth-order valence-electron chi connectivity index (χ4n) is 1.69. The number of carboxylic acid groups (broad SMARTS) is 2. The quantitative estimate of drug-likeness (QED) is 0.209. The number of carboxylic acids is 2. The molecule has 0 saturated heterocycles. The van der Waals surface area contributed by atoms with Crippen molar-refractivity contribution < 1.29 is 38.9 Å². The predicted molar refractivity (Wildman–Crippen MR) is 138 cm³/mol. The Bertz CT molecular complexity index is 1060. The van der Waals surface area contributed by atoms with E-state index in [1.54, 1.807) is 0 Å². The number of halogens is 2. The normalized spacial score (nSPS) is 9.15. The molecule has 0 aliphatic carbocycles. The minimum absolute atomic E-state index is 0. The highest BCUT2D eigenvalue weighted by atomic mass is 127. The second-order valence-electron chi connectivity index (χ2n) is 5.48. The molecule has 2 aromatic heterocycles. The Balaban J connectivity index is 0. The molecule has 2 heterocycles. The molecule has 12 nitrogen and oxygen atoms in total. The highest BCUT2D eigenvalue weighted by molar-refractivity contribution is 14.0. The molecule has 0 aliphatic rings. The first-order valence-corrected chi connectivity index (χ1v) is 9.35. The molecule has 184 valence electrons. The van der Waals surface area contributed by atoms with Crippen LogP contribution in [0.1, 0.15) is 26.3 Å². The fourth-order valence-corrected chi connectivity index (χ4v) is 2.02. The predicted octanol–water partition coefficient (Wildman–Crippen LogP) is 2.64. The second kappa shape index (κ2) is 17.0. The number of nitrogens with zero attached hydrogens (tertiary/aromatic N) is 2. The summed E-state index contributed by atoms with van der Waals surface area (Å²) in [5.41, 5.74) is 11.0. The number of pyridine rings is 2. The van der Waals surface area contributed by atoms with E-state index in [1.807, 2.05) is 0 Å². The van der Waals surface area contributed by atoms with Crippen LogP contribution in [-0.4, -0.2) is 58.3 Å². The summed E-state index contributed by atoms with van der Waals surface area (Å²) in [6.07, 6.45) is 6.48. The molecule has 14 heteroatoms. The Kier molecular flexibility index (Phi) is 16.3. The smallest absolute Gasteiger partial charge is 0.339 e. The number of aromatic carboxylic acids is 2. The van der Waals surface area contributed by atoms with Gasteiger partial charge in [0.1, 0.15) is 22.8 Å². The number of esters is 2. The van der Waals surface area contributed by atoms with Crippen LogP contribution < -0.4 is 11.5 Å². The zero-order valence-corrected chi connectivity index (χ0v) is 21.8. The van der Waals surface area contributed by atoms with Gasteiger partial charge in [0, 0.05) is 29.0 Å². The SMILES string of the molecule is C=CC(=O)OC.COC(=O)/C=C/c1cnc(N)c(C(=O)O)c1.I.Nc1ncc(Br)cc1C(=O)O. The first-order valence-electron chi connectivity index (χ1n) is 8.56. The number of nitrogen functional groups attached to an aromatic ring is 2. The molecule has 2 rings (SSSR count). The van der Waals surface area contributed by atoms with Crippen LogP contribution in [0.4, 0.5) is 11.6 Å². The minimum Gasteiger partial charge on any atom is -0.478 e. The van der Waals surface area contributed by atoms with Gasteiger partial charge < -0.3 is 31.2 Å². The summed E-state index contributed by atoms with van der Waals surface area (Å²) in [4.78, 5) is 49.2. The number of hydrogen-bond acceptors (Lipinski definition) is 10. The number of carbonyl (C=O) groups excluding carboxylic acids is 2. The highest BCUT2D eigenvalue weighted by Crippen LogP contribution is 2.15. The summed E-state index contributed by atoms with van der Waals surface area (Å²) in [5, 5.41) is 17.3. The molecule has 0 radical (unpaired) electrons. The van der Waals surface area contributed by atoms with Crippen LogP contribution >= 0.6 is 39.9 Å². The Labute approximate surface area is 219 Å². The van der Waals surface area contributed by atoms with Gasteiger partial charge in [-0.3, -0.25) is 0 Å². The number of ether oxygens (including phenoxy) is 2. The lowest BCUT2D eigenvalue weighted by Crippen LogP contribution is -2.04. The minimum atomic E-state index is -1.17. The third-order valence-electron chi connectivity index (χ3n) is 3.27. The maximum atomic E-state index is 10.8. The van der Waals surface area contributed by atoms with Crippen LogP contribution in [0.2, 0.25) is 0 Å². The van der Waals surface area contributed by atoms with E-state index in [2.05, 4.69) is 42.0 Å². The molecule has 0 saturated carbocycles. The molecule has 0 atom stereocenters. The van der Waals surface area contributed by atoms with E-state index in [4.69, 9.17) is 21.7 Å². The standard InChI is InChI=1S/C10H10N2O4.C6H5BrN2O2.C4H6O2.HI/c1-16-8(13)3-2-6-4-7(10(14)15)9(11)12-5-6;7-3-1-4(6(10)11)5(8)9-2-3;1-3-4(5)6-2;/h2-5H,1H3,(H2,11,12)(H,14,15);1-2H,(H2,8,9)(H,10,11);3H,1H2,2H3;1H/b3-2+;;;. The van der Waals surface area contributed by atoms with E-state index in [-0.39, 0.29) is 46.7 Å². The molecule has 6 N–H and O–H groups in total. The van der Waals surface area contributed by atoms with E-state index in [0.29, 0.717) is 10.0 Å². The van der Waals surface area contributed by atoms with Gasteiger partial charge in [-0.05, 0) is 39.7 Å². The fraction of sp³-hybridized carbons (Fsp3) is 0.100. The number of methoxy groups -OCH3 is 2. The summed E-state index contributed by atoms with van der Waals surface area (Å²) in [7, 11) is 2.56. The van der Waals surface area contributed by atoms with Gasteiger partial charge in [0.25, 0.3) is 0 Å². The Hall–Kier alpha value is -3.53. The van der Waals surface area contributed by atoms with Gasteiger partial charge in [-0.15, -0.1) is 24.0 Å². The van der Waals surface area contributed by atoms with Crippen molar-refractivity contribution in [2.24, 2.45) is 0 Å². The molecule has 0 aliphatic heterocycles. The Morgan fingerprint density at radius 2 is 1.41 bits per heavy atom. The van der Waals surface area contributed by atoms with E-state index in [1.165, 1.54) is 50.9 Å². The van der Waals surface area contributed by atoms with Crippen molar-refractivity contribution in [3.8, 4) is 0 Å². The lowest BCUT2D eigenvalue weighted by atomic mass is 10.2. The summed E-state index contributed by atoms with van der Waals surface area (Å²) in [6, 6.07) is 2.73. The monoisotopic (exact) mass is 652 g/mol. The molecule has 0 fully saturated rings. The highest BCUT2D eigenvalue weighted by Gasteiger charge is 2.09. The van der Waals surface area contributed by atoms with Gasteiger partial charge in [0.15, 0.2) is 0 Å². The van der Waals surface area contributed by atoms with Gasteiger partial charge in [-0.2, -0.15) is 0 Å². The lowest BCUT2D eigenvalue weighted by molar-refractivity contribution is -0.135. The zero-order valence-electron chi connectivity index (χ0n) is 17.9. The van der Waals surface area contributed by atoms with Crippen LogP contribution in [-0.2, 0) is 19.1 Å². The molecule has 2 aromatic rings. The first kappa shape index (κ1) is 32.6. The van der Waals surface area contributed by atoms with E-state index < -0.39 is 23.9 Å². The number of hydrogen-bond donors (Lipinski definition) is 4. The number of aromatic nitrogens is 2. The van der Waals surface area contributed by atoms with Gasteiger partial charge in [-0.25, -0.2) is 29.1 Å². The van der Waals surface area contributed by atoms with Crippen LogP contribution in [0.15, 0.2) is 47.7 Å². The average molecular weight is 653 g/mol. The first-order chi connectivity index (χ1) is 15.5. The maximum absolute atomic E-state index is 10.8. The summed E-state index contributed by atoms with van der Waals surface area (Å²) in [5.74, 6) is -3.21. The molecule has 34 heavy (non-hydrogen) atoms. The van der Waals surface area contributed by atoms with Crippen molar-refractivity contribution in [3.05, 3.63) is 64.4 Å². The molecule has 0 amide bonds. The van der Waals surface area contributed by atoms with E-state index >= 15 is 0 Å². The lowest BCUT2D eigenvalue weighted by Gasteiger charge is -2.00. The third kappa shape index (κ3) is 12.5. The molecule has 0 spiro atoms. The van der Waals surface area contributed by atoms with Crippen molar-refractivity contribution in [3.63, 3.8) is 0 Å². The number of anilines is 2. The van der Waals surface area contributed by atoms with Crippen molar-refractivity contribution in [1.82, 2.24) is 9.97 Å². The van der Waals surface area contributed by atoms with Gasteiger partial charge in [0.05, 0.1) is 14.2 Å². The summed E-state index contributed by atoms with van der Waals surface area (Å²) < 4.78 is 9.13. The number of rotatable bonds is 5. The van der Waals surface area contributed by atoms with Gasteiger partial charge >= 0.3 is 23.9 Å². The Morgan fingerprint density at radius 1 is 0.941 bits per heavy atom. The topological polar surface area (TPSA) is 205 Å². The average Bonchev–Trinajstić information content (AvgIpc) is 2.79. The zero-order chi connectivity index (χ0) is 25.6. The molecular weight excluding hydrogens is 631 g/mol. The van der Waals surface area contributed by atoms with Crippen molar-refractivity contribution >= 4 is 81.5 Å². The van der Waals surface area contributed by atoms with Gasteiger partial charge in [0.2, 0.25) is 0 Å². The van der Waals surface area contributed by atoms with E-state index in [0.717, 1.165) is 6.08 Å². The molecule has 0 unspecified atom stereocenters. The third-order valence-corrected chi connectivity index (χ3v) is 3.70. The number of nitrogens with two attached hydrogens (primary N) is 2.